The monoisotopic (exact) mass is 411 g/mol. The van der Waals surface area contributed by atoms with Gasteiger partial charge in [-0.3, -0.25) is 19.7 Å². The van der Waals surface area contributed by atoms with Crippen LogP contribution in [0, 0.1) is 24.0 Å². The van der Waals surface area contributed by atoms with Gasteiger partial charge in [0, 0.05) is 17.3 Å². The molecule has 8 heteroatoms. The normalized spacial score (nSPS) is 14.4. The van der Waals surface area contributed by atoms with Crippen LogP contribution in [0.2, 0.25) is 0 Å². The van der Waals surface area contributed by atoms with Gasteiger partial charge in [0.25, 0.3) is 11.6 Å². The van der Waals surface area contributed by atoms with Gasteiger partial charge in [-0.15, -0.1) is 0 Å². The molecule has 3 rings (SSSR count). The lowest BCUT2D eigenvalue weighted by Crippen LogP contribution is -3.15. The zero-order valence-electron chi connectivity index (χ0n) is 17.5. The number of Topliss-reactive ketones (excluding diaryl/α,β-unsaturated/α-hetero) is 1. The van der Waals surface area contributed by atoms with Crippen LogP contribution < -0.4 is 15.1 Å². The number of aryl methyl sites for hydroxylation is 1. The number of amides is 1. The first kappa shape index (κ1) is 21.4. The van der Waals surface area contributed by atoms with E-state index in [0.717, 1.165) is 21.7 Å². The van der Waals surface area contributed by atoms with Crippen LogP contribution >= 0.6 is 0 Å². The molecule has 1 aliphatic rings. The molecule has 0 spiro atoms. The lowest BCUT2D eigenvalue weighted by Gasteiger charge is -2.33. The van der Waals surface area contributed by atoms with Crippen molar-refractivity contribution in [1.29, 1.82) is 0 Å². The topological polar surface area (TPSA) is 97.0 Å². The van der Waals surface area contributed by atoms with Crippen molar-refractivity contribution in [1.82, 2.24) is 0 Å². The van der Waals surface area contributed by atoms with Crippen LogP contribution in [0.3, 0.4) is 0 Å². The Morgan fingerprint density at radius 3 is 2.50 bits per heavy atom. The van der Waals surface area contributed by atoms with Crippen molar-refractivity contribution >= 4 is 28.8 Å². The third-order valence-corrected chi connectivity index (χ3v) is 5.68. The molecular formula is C22H27N4O4+. The summed E-state index contributed by atoms with van der Waals surface area (Å²) < 4.78 is 0. The maximum Gasteiger partial charge on any atom is 0.293 e. The smallest absolute Gasteiger partial charge is 0.293 e. The molecule has 0 aromatic heterocycles. The minimum absolute atomic E-state index is 0.0380. The van der Waals surface area contributed by atoms with Crippen molar-refractivity contribution in [3.63, 3.8) is 0 Å². The zero-order valence-corrected chi connectivity index (χ0v) is 17.5. The molecule has 2 aromatic rings. The highest BCUT2D eigenvalue weighted by Gasteiger charge is 2.27. The van der Waals surface area contributed by atoms with Gasteiger partial charge in [0.2, 0.25) is 0 Å². The number of carbonyl (C=O) groups excluding carboxylic acids is 2. The van der Waals surface area contributed by atoms with Gasteiger partial charge in [0.05, 0.1) is 31.1 Å². The van der Waals surface area contributed by atoms with Gasteiger partial charge >= 0.3 is 0 Å². The quantitative estimate of drug-likeness (QED) is 0.429. The number of nitrogens with zero attached hydrogens (tertiary/aromatic N) is 2. The summed E-state index contributed by atoms with van der Waals surface area (Å²) in [7, 11) is 0. The maximum absolute atomic E-state index is 12.5. The highest BCUT2D eigenvalue weighted by atomic mass is 16.6. The number of quaternary nitrogens is 1. The number of ketones is 1. The van der Waals surface area contributed by atoms with Gasteiger partial charge in [-0.25, -0.2) is 0 Å². The SMILES string of the molecule is CC(=O)c1ccc(N2CC[NH+](CC(=O)Nc3cccc(C)c3C)CC2)c([N+](=O)[O-])c1. The van der Waals surface area contributed by atoms with E-state index < -0.39 is 4.92 Å². The summed E-state index contributed by atoms with van der Waals surface area (Å²) in [5.74, 6) is -0.238. The predicted octanol–water partition coefficient (Wildman–Crippen LogP) is 1.76. The molecule has 0 unspecified atom stereocenters. The number of hydrogen-bond acceptors (Lipinski definition) is 5. The third kappa shape index (κ3) is 4.83. The van der Waals surface area contributed by atoms with Gasteiger partial charge in [0.1, 0.15) is 5.69 Å². The first-order chi connectivity index (χ1) is 14.3. The summed E-state index contributed by atoms with van der Waals surface area (Å²) >= 11 is 0. The number of nitro benzene ring substituents is 1. The fourth-order valence-electron chi connectivity index (χ4n) is 3.70. The molecule has 2 N–H and O–H groups in total. The first-order valence-corrected chi connectivity index (χ1v) is 10.00. The Kier molecular flexibility index (Phi) is 6.47. The summed E-state index contributed by atoms with van der Waals surface area (Å²) in [5.41, 5.74) is 3.82. The molecule has 30 heavy (non-hydrogen) atoms. The molecular weight excluding hydrogens is 384 g/mol. The number of rotatable bonds is 6. The molecule has 0 atom stereocenters. The molecule has 0 saturated carbocycles. The second-order valence-corrected chi connectivity index (χ2v) is 7.73. The molecule has 158 valence electrons. The van der Waals surface area contributed by atoms with E-state index in [-0.39, 0.29) is 17.4 Å². The molecule has 0 radical (unpaired) electrons. The van der Waals surface area contributed by atoms with E-state index in [1.807, 2.05) is 36.9 Å². The van der Waals surface area contributed by atoms with Crippen molar-refractivity contribution in [3.05, 3.63) is 63.2 Å². The number of piperazine rings is 1. The molecule has 0 aliphatic carbocycles. The summed E-state index contributed by atoms with van der Waals surface area (Å²) in [6.45, 7) is 8.35. The van der Waals surface area contributed by atoms with Crippen LogP contribution in [0.25, 0.3) is 0 Å². The van der Waals surface area contributed by atoms with Gasteiger partial charge in [-0.05, 0) is 50.1 Å². The van der Waals surface area contributed by atoms with Crippen LogP contribution in [0.15, 0.2) is 36.4 Å². The fourth-order valence-corrected chi connectivity index (χ4v) is 3.70. The van der Waals surface area contributed by atoms with Crippen LogP contribution in [0.5, 0.6) is 0 Å². The fraction of sp³-hybridized carbons (Fsp3) is 0.364. The minimum Gasteiger partial charge on any atom is -0.355 e. The van der Waals surface area contributed by atoms with Crippen LogP contribution in [-0.2, 0) is 4.79 Å². The number of nitrogens with one attached hydrogen (secondary N) is 2. The zero-order chi connectivity index (χ0) is 21.8. The Morgan fingerprint density at radius 2 is 1.87 bits per heavy atom. The molecule has 8 nitrogen and oxygen atoms in total. The number of hydrogen-bond donors (Lipinski definition) is 2. The van der Waals surface area contributed by atoms with Crippen molar-refractivity contribution in [2.45, 2.75) is 20.8 Å². The van der Waals surface area contributed by atoms with Gasteiger partial charge in [-0.2, -0.15) is 0 Å². The number of benzene rings is 2. The van der Waals surface area contributed by atoms with E-state index in [9.17, 15) is 19.7 Å². The van der Waals surface area contributed by atoms with E-state index in [4.69, 9.17) is 0 Å². The summed E-state index contributed by atoms with van der Waals surface area (Å²) in [5, 5.41) is 14.5. The average Bonchev–Trinajstić information content (AvgIpc) is 2.71. The van der Waals surface area contributed by atoms with Crippen molar-refractivity contribution in [2.24, 2.45) is 0 Å². The molecule has 0 bridgehead atoms. The van der Waals surface area contributed by atoms with E-state index in [1.165, 1.54) is 13.0 Å². The van der Waals surface area contributed by atoms with Crippen LogP contribution in [0.4, 0.5) is 17.1 Å². The molecule has 2 aromatic carbocycles. The third-order valence-electron chi connectivity index (χ3n) is 5.68. The lowest BCUT2D eigenvalue weighted by atomic mass is 10.1. The summed E-state index contributed by atoms with van der Waals surface area (Å²) in [6.07, 6.45) is 0. The highest BCUT2D eigenvalue weighted by Crippen LogP contribution is 2.29. The molecule has 1 aliphatic heterocycles. The predicted molar refractivity (Wildman–Crippen MR) is 115 cm³/mol. The Labute approximate surface area is 175 Å². The van der Waals surface area contributed by atoms with Crippen LogP contribution in [-0.4, -0.2) is 49.3 Å². The second-order valence-electron chi connectivity index (χ2n) is 7.73. The Balaban J connectivity index is 1.61. The number of anilines is 2. The summed E-state index contributed by atoms with van der Waals surface area (Å²) in [6, 6.07) is 10.5. The number of carbonyl (C=O) groups is 2. The Hall–Kier alpha value is -3.26. The minimum atomic E-state index is -0.446. The Bertz CT molecular complexity index is 981. The van der Waals surface area contributed by atoms with Crippen molar-refractivity contribution < 1.29 is 19.4 Å². The molecule has 1 heterocycles. The van der Waals surface area contributed by atoms with E-state index >= 15 is 0 Å². The lowest BCUT2D eigenvalue weighted by molar-refractivity contribution is -0.892. The van der Waals surface area contributed by atoms with Crippen molar-refractivity contribution in [2.75, 3.05) is 42.9 Å². The summed E-state index contributed by atoms with van der Waals surface area (Å²) in [4.78, 5) is 38.1. The number of nitro groups is 1. The standard InChI is InChI=1S/C22H26N4O4/c1-15-5-4-6-19(16(15)2)23-22(28)14-24-9-11-25(12-10-24)20-8-7-18(17(3)27)13-21(20)26(29)30/h4-8,13H,9-12,14H2,1-3H3,(H,23,28)/p+1. The van der Waals surface area contributed by atoms with Gasteiger partial charge < -0.3 is 15.1 Å². The van der Waals surface area contributed by atoms with E-state index in [1.54, 1.807) is 12.1 Å². The molecule has 1 saturated heterocycles. The van der Waals surface area contributed by atoms with E-state index in [0.29, 0.717) is 44.0 Å². The van der Waals surface area contributed by atoms with Crippen LogP contribution in [0.1, 0.15) is 28.4 Å². The first-order valence-electron chi connectivity index (χ1n) is 10.00. The molecule has 1 amide bonds. The Morgan fingerprint density at radius 1 is 1.17 bits per heavy atom. The largest absolute Gasteiger partial charge is 0.355 e. The highest BCUT2D eigenvalue weighted by molar-refractivity contribution is 5.95. The molecule has 1 fully saturated rings. The van der Waals surface area contributed by atoms with E-state index in [2.05, 4.69) is 5.32 Å². The van der Waals surface area contributed by atoms with Gasteiger partial charge in [0.15, 0.2) is 12.3 Å². The van der Waals surface area contributed by atoms with Crippen molar-refractivity contribution in [3.8, 4) is 0 Å². The van der Waals surface area contributed by atoms with Gasteiger partial charge in [-0.1, -0.05) is 12.1 Å². The maximum atomic E-state index is 12.5. The second kappa shape index (κ2) is 9.04. The average molecular weight is 411 g/mol.